The van der Waals surface area contributed by atoms with Crippen LogP contribution in [0, 0.1) is 6.92 Å². The van der Waals surface area contributed by atoms with E-state index in [0.717, 1.165) is 56.3 Å². The van der Waals surface area contributed by atoms with E-state index >= 15 is 0 Å². The molecule has 2 aromatic heterocycles. The van der Waals surface area contributed by atoms with Crippen LogP contribution in [0.3, 0.4) is 0 Å². The van der Waals surface area contributed by atoms with Crippen molar-refractivity contribution in [1.82, 2.24) is 19.5 Å². The van der Waals surface area contributed by atoms with Crippen LogP contribution in [0.5, 0.6) is 0 Å². The molecule has 0 unspecified atom stereocenters. The second kappa shape index (κ2) is 6.46. The maximum absolute atomic E-state index is 11.7. The molecule has 1 aliphatic heterocycles. The molecule has 1 fully saturated rings. The molecule has 3 heterocycles. The minimum Gasteiger partial charge on any atom is -0.361 e. The predicted octanol–water partition coefficient (Wildman–Crippen LogP) is 1.000. The summed E-state index contributed by atoms with van der Waals surface area (Å²) in [4.78, 5) is 16.4. The number of rotatable bonds is 4. The first kappa shape index (κ1) is 15.0. The Hall–Kier alpha value is -1.92. The molecule has 0 bridgehead atoms. The van der Waals surface area contributed by atoms with Crippen molar-refractivity contribution in [1.29, 1.82) is 0 Å². The van der Waals surface area contributed by atoms with E-state index in [9.17, 15) is 4.79 Å². The fraction of sp³-hybridized carbons (Fsp3) is 0.500. The molecule has 2 aromatic rings. The number of pyridine rings is 1. The summed E-state index contributed by atoms with van der Waals surface area (Å²) in [6, 6.07) is 5.74. The van der Waals surface area contributed by atoms with Gasteiger partial charge in [0.2, 0.25) is 0 Å². The van der Waals surface area contributed by atoms with E-state index in [4.69, 9.17) is 4.52 Å². The number of nitrogens with zero attached hydrogens (tertiary/aromatic N) is 4. The standard InChI is InChI=1S/C16H22N4O2/c1-13-9-15(17-22-13)12-20-7-5-19(6-8-20)11-14-3-4-18(2)16(21)10-14/h3-4,9-10H,5-8,11-12H2,1-2H3. The number of aromatic nitrogens is 2. The van der Waals surface area contributed by atoms with Crippen LogP contribution in [0.4, 0.5) is 0 Å². The molecule has 0 radical (unpaired) electrons. The number of hydrogen-bond acceptors (Lipinski definition) is 5. The second-order valence-electron chi connectivity index (χ2n) is 5.97. The van der Waals surface area contributed by atoms with Crippen LogP contribution < -0.4 is 5.56 Å². The molecule has 0 spiro atoms. The number of piperazine rings is 1. The lowest BCUT2D eigenvalue weighted by molar-refractivity contribution is 0.120. The Bertz CT molecular complexity index is 683. The van der Waals surface area contributed by atoms with Crippen molar-refractivity contribution in [2.75, 3.05) is 26.2 Å². The Morgan fingerprint density at radius 2 is 1.82 bits per heavy atom. The lowest BCUT2D eigenvalue weighted by Gasteiger charge is -2.34. The zero-order valence-electron chi connectivity index (χ0n) is 13.2. The molecule has 3 rings (SSSR count). The molecule has 1 aliphatic rings. The summed E-state index contributed by atoms with van der Waals surface area (Å²) in [5, 5.41) is 4.05. The summed E-state index contributed by atoms with van der Waals surface area (Å²) in [5.41, 5.74) is 2.14. The third-order valence-corrected chi connectivity index (χ3v) is 4.10. The Morgan fingerprint density at radius 3 is 2.41 bits per heavy atom. The van der Waals surface area contributed by atoms with E-state index in [2.05, 4.69) is 15.0 Å². The van der Waals surface area contributed by atoms with Crippen molar-refractivity contribution in [2.24, 2.45) is 7.05 Å². The molecule has 0 aliphatic carbocycles. The Kier molecular flexibility index (Phi) is 4.40. The number of hydrogen-bond donors (Lipinski definition) is 0. The summed E-state index contributed by atoms with van der Waals surface area (Å²) in [7, 11) is 1.77. The van der Waals surface area contributed by atoms with Crippen molar-refractivity contribution < 1.29 is 4.52 Å². The zero-order valence-corrected chi connectivity index (χ0v) is 13.2. The minimum atomic E-state index is 0.0533. The van der Waals surface area contributed by atoms with Gasteiger partial charge in [0.05, 0.1) is 5.69 Å². The second-order valence-corrected chi connectivity index (χ2v) is 5.97. The van der Waals surface area contributed by atoms with Crippen LogP contribution in [0.1, 0.15) is 17.0 Å². The van der Waals surface area contributed by atoms with Crippen molar-refractivity contribution >= 4 is 0 Å². The van der Waals surface area contributed by atoms with Gasteiger partial charge in [-0.15, -0.1) is 0 Å². The first-order valence-electron chi connectivity index (χ1n) is 7.62. The van der Waals surface area contributed by atoms with Crippen LogP contribution in [0.2, 0.25) is 0 Å². The highest BCUT2D eigenvalue weighted by molar-refractivity contribution is 5.11. The minimum absolute atomic E-state index is 0.0533. The molecule has 22 heavy (non-hydrogen) atoms. The SMILES string of the molecule is Cc1cc(CN2CCN(Cc3ccn(C)c(=O)c3)CC2)no1. The van der Waals surface area contributed by atoms with E-state index in [1.807, 2.05) is 25.3 Å². The average Bonchev–Trinajstić information content (AvgIpc) is 2.90. The molecular formula is C16H22N4O2. The molecule has 6 heteroatoms. The van der Waals surface area contributed by atoms with Crippen LogP contribution in [-0.4, -0.2) is 45.7 Å². The summed E-state index contributed by atoms with van der Waals surface area (Å²) >= 11 is 0. The largest absolute Gasteiger partial charge is 0.361 e. The summed E-state index contributed by atoms with van der Waals surface area (Å²) in [6.45, 7) is 7.63. The topological polar surface area (TPSA) is 54.5 Å². The van der Waals surface area contributed by atoms with Gasteiger partial charge in [0.25, 0.3) is 5.56 Å². The molecule has 1 saturated heterocycles. The summed E-state index contributed by atoms with van der Waals surface area (Å²) < 4.78 is 6.71. The average molecular weight is 302 g/mol. The highest BCUT2D eigenvalue weighted by Gasteiger charge is 2.18. The van der Waals surface area contributed by atoms with Crippen molar-refractivity contribution in [3.63, 3.8) is 0 Å². The smallest absolute Gasteiger partial charge is 0.250 e. The van der Waals surface area contributed by atoms with Gasteiger partial charge in [-0.1, -0.05) is 5.16 Å². The Balaban J connectivity index is 1.51. The van der Waals surface area contributed by atoms with Crippen LogP contribution in [0.15, 0.2) is 33.7 Å². The van der Waals surface area contributed by atoms with Crippen LogP contribution in [0.25, 0.3) is 0 Å². The molecular weight excluding hydrogens is 280 g/mol. The van der Waals surface area contributed by atoms with Crippen molar-refractivity contribution in [3.05, 3.63) is 51.8 Å². The molecule has 0 amide bonds. The molecule has 0 aromatic carbocycles. The van der Waals surface area contributed by atoms with Gasteiger partial charge in [0, 0.05) is 64.6 Å². The normalized spacial score (nSPS) is 17.0. The highest BCUT2D eigenvalue weighted by atomic mass is 16.5. The summed E-state index contributed by atoms with van der Waals surface area (Å²) in [6.07, 6.45) is 1.83. The van der Waals surface area contributed by atoms with Gasteiger partial charge in [0.15, 0.2) is 0 Å². The third kappa shape index (κ3) is 3.64. The monoisotopic (exact) mass is 302 g/mol. The third-order valence-electron chi connectivity index (χ3n) is 4.10. The molecule has 118 valence electrons. The quantitative estimate of drug-likeness (QED) is 0.843. The van der Waals surface area contributed by atoms with E-state index in [1.54, 1.807) is 17.7 Å². The van der Waals surface area contributed by atoms with Gasteiger partial charge >= 0.3 is 0 Å². The summed E-state index contributed by atoms with van der Waals surface area (Å²) in [5.74, 6) is 0.860. The lowest BCUT2D eigenvalue weighted by Crippen LogP contribution is -2.45. The fourth-order valence-corrected chi connectivity index (χ4v) is 2.77. The fourth-order valence-electron chi connectivity index (χ4n) is 2.77. The van der Waals surface area contributed by atoms with E-state index in [1.165, 1.54) is 0 Å². The van der Waals surface area contributed by atoms with E-state index in [-0.39, 0.29) is 5.56 Å². The Morgan fingerprint density at radius 1 is 1.14 bits per heavy atom. The molecule has 0 N–H and O–H groups in total. The molecule has 6 nitrogen and oxygen atoms in total. The first-order chi connectivity index (χ1) is 10.6. The van der Waals surface area contributed by atoms with Crippen molar-refractivity contribution in [2.45, 2.75) is 20.0 Å². The maximum Gasteiger partial charge on any atom is 0.250 e. The predicted molar refractivity (Wildman–Crippen MR) is 83.5 cm³/mol. The zero-order chi connectivity index (χ0) is 15.5. The first-order valence-corrected chi connectivity index (χ1v) is 7.62. The Labute approximate surface area is 129 Å². The van der Waals surface area contributed by atoms with Gasteiger partial charge in [-0.25, -0.2) is 0 Å². The van der Waals surface area contributed by atoms with Gasteiger partial charge in [-0.3, -0.25) is 14.6 Å². The van der Waals surface area contributed by atoms with Crippen LogP contribution >= 0.6 is 0 Å². The van der Waals surface area contributed by atoms with Gasteiger partial charge in [0.1, 0.15) is 5.76 Å². The van der Waals surface area contributed by atoms with Gasteiger partial charge in [-0.05, 0) is 18.6 Å². The maximum atomic E-state index is 11.7. The van der Waals surface area contributed by atoms with Gasteiger partial charge in [-0.2, -0.15) is 0 Å². The highest BCUT2D eigenvalue weighted by Crippen LogP contribution is 2.11. The lowest BCUT2D eigenvalue weighted by atomic mass is 10.2. The molecule has 0 saturated carbocycles. The van der Waals surface area contributed by atoms with Crippen molar-refractivity contribution in [3.8, 4) is 0 Å². The van der Waals surface area contributed by atoms with E-state index < -0.39 is 0 Å². The van der Waals surface area contributed by atoms with Crippen LogP contribution in [-0.2, 0) is 20.1 Å². The molecule has 0 atom stereocenters. The number of aryl methyl sites for hydroxylation is 2. The van der Waals surface area contributed by atoms with Gasteiger partial charge < -0.3 is 9.09 Å². The van der Waals surface area contributed by atoms with E-state index in [0.29, 0.717) is 0 Å².